The van der Waals surface area contributed by atoms with Crippen molar-refractivity contribution in [1.29, 1.82) is 0 Å². The first-order chi connectivity index (χ1) is 13.2. The van der Waals surface area contributed by atoms with Crippen LogP contribution in [0.3, 0.4) is 0 Å². The average molecular weight is 359 g/mol. The number of amides is 1. The first-order valence-corrected chi connectivity index (χ1v) is 9.36. The Labute approximate surface area is 160 Å². The zero-order valence-corrected chi connectivity index (χ0v) is 15.8. The minimum absolute atomic E-state index is 0.138. The van der Waals surface area contributed by atoms with E-state index in [0.29, 0.717) is 12.1 Å². The minimum atomic E-state index is -0.138. The van der Waals surface area contributed by atoms with Crippen molar-refractivity contribution < 1.29 is 4.79 Å². The lowest BCUT2D eigenvalue weighted by atomic mass is 10.0. The van der Waals surface area contributed by atoms with Gasteiger partial charge in [0.15, 0.2) is 0 Å². The number of pyridine rings is 1. The van der Waals surface area contributed by atoms with Gasteiger partial charge in [0.05, 0.1) is 11.3 Å². The lowest BCUT2D eigenvalue weighted by Crippen LogP contribution is -2.15. The van der Waals surface area contributed by atoms with Crippen LogP contribution in [0, 0.1) is 0 Å². The molecule has 0 aliphatic heterocycles. The third kappa shape index (κ3) is 4.73. The van der Waals surface area contributed by atoms with Crippen LogP contribution in [0.2, 0.25) is 0 Å². The van der Waals surface area contributed by atoms with E-state index in [1.54, 1.807) is 12.4 Å². The Morgan fingerprint density at radius 2 is 1.63 bits per heavy atom. The Kier molecular flexibility index (Phi) is 6.21. The summed E-state index contributed by atoms with van der Waals surface area (Å²) < 4.78 is 0. The highest BCUT2D eigenvalue weighted by Crippen LogP contribution is 2.23. The molecule has 0 atom stereocenters. The number of hydrogen-bond acceptors (Lipinski definition) is 3. The van der Waals surface area contributed by atoms with Crippen molar-refractivity contribution in [3.8, 4) is 0 Å². The molecule has 0 unspecified atom stereocenters. The predicted octanol–water partition coefficient (Wildman–Crippen LogP) is 5.07. The zero-order valence-electron chi connectivity index (χ0n) is 15.8. The Hall–Kier alpha value is -3.14. The molecule has 2 aromatic carbocycles. The van der Waals surface area contributed by atoms with Crippen LogP contribution in [0.15, 0.2) is 67.0 Å². The van der Waals surface area contributed by atoms with E-state index in [2.05, 4.69) is 53.7 Å². The van der Waals surface area contributed by atoms with Gasteiger partial charge in [0.1, 0.15) is 0 Å². The number of aryl methyl sites for hydroxylation is 2. The Morgan fingerprint density at radius 3 is 2.30 bits per heavy atom. The monoisotopic (exact) mass is 359 g/mol. The second-order valence-corrected chi connectivity index (χ2v) is 6.41. The standard InChI is InChI=1S/C23H25N3O/c1-3-18-11-8-12-19(4-2)22(18)26-23(27)20-13-21(16-24-15-20)25-14-17-9-6-5-7-10-17/h5-13,15-16,25H,3-4,14H2,1-2H3,(H,26,27). The number of nitrogens with one attached hydrogen (secondary N) is 2. The van der Waals surface area contributed by atoms with Crippen LogP contribution in [0.5, 0.6) is 0 Å². The summed E-state index contributed by atoms with van der Waals surface area (Å²) >= 11 is 0. The molecule has 0 aliphatic rings. The van der Waals surface area contributed by atoms with Gasteiger partial charge in [0.2, 0.25) is 0 Å². The third-order valence-corrected chi connectivity index (χ3v) is 4.58. The molecule has 0 bridgehead atoms. The third-order valence-electron chi connectivity index (χ3n) is 4.58. The summed E-state index contributed by atoms with van der Waals surface area (Å²) in [5.41, 5.74) is 5.77. The second-order valence-electron chi connectivity index (χ2n) is 6.41. The van der Waals surface area contributed by atoms with Gasteiger partial charge in [-0.3, -0.25) is 9.78 Å². The topological polar surface area (TPSA) is 54.0 Å². The van der Waals surface area contributed by atoms with Crippen molar-refractivity contribution in [3.05, 3.63) is 89.2 Å². The fraction of sp³-hybridized carbons (Fsp3) is 0.217. The fourth-order valence-corrected chi connectivity index (χ4v) is 3.05. The van der Waals surface area contributed by atoms with E-state index in [1.807, 2.05) is 30.3 Å². The fourth-order valence-electron chi connectivity index (χ4n) is 3.05. The summed E-state index contributed by atoms with van der Waals surface area (Å²) in [4.78, 5) is 17.0. The van der Waals surface area contributed by atoms with Crippen molar-refractivity contribution in [3.63, 3.8) is 0 Å². The number of benzene rings is 2. The van der Waals surface area contributed by atoms with Crippen LogP contribution in [-0.2, 0) is 19.4 Å². The normalized spacial score (nSPS) is 10.4. The van der Waals surface area contributed by atoms with E-state index in [4.69, 9.17) is 0 Å². The summed E-state index contributed by atoms with van der Waals surface area (Å²) in [5.74, 6) is -0.138. The molecule has 0 saturated carbocycles. The Bertz CT molecular complexity index is 884. The van der Waals surface area contributed by atoms with E-state index in [-0.39, 0.29) is 5.91 Å². The van der Waals surface area contributed by atoms with Crippen molar-refractivity contribution in [1.82, 2.24) is 4.98 Å². The molecule has 2 N–H and O–H groups in total. The molecule has 138 valence electrons. The van der Waals surface area contributed by atoms with Crippen LogP contribution in [0.25, 0.3) is 0 Å². The van der Waals surface area contributed by atoms with Crippen molar-refractivity contribution in [2.24, 2.45) is 0 Å². The first-order valence-electron chi connectivity index (χ1n) is 9.36. The maximum absolute atomic E-state index is 12.8. The number of hydrogen-bond donors (Lipinski definition) is 2. The van der Waals surface area contributed by atoms with Gasteiger partial charge in [-0.2, -0.15) is 0 Å². The summed E-state index contributed by atoms with van der Waals surface area (Å²) in [6.07, 6.45) is 5.08. The van der Waals surface area contributed by atoms with Gasteiger partial charge in [0, 0.05) is 24.6 Å². The molecule has 0 radical (unpaired) electrons. The highest BCUT2D eigenvalue weighted by atomic mass is 16.1. The van der Waals surface area contributed by atoms with Crippen LogP contribution in [0.4, 0.5) is 11.4 Å². The molecule has 4 nitrogen and oxygen atoms in total. The minimum Gasteiger partial charge on any atom is -0.380 e. The maximum atomic E-state index is 12.8. The van der Waals surface area contributed by atoms with Crippen molar-refractivity contribution in [2.45, 2.75) is 33.2 Å². The molecular weight excluding hydrogens is 334 g/mol. The lowest BCUT2D eigenvalue weighted by Gasteiger charge is -2.15. The van der Waals surface area contributed by atoms with Gasteiger partial charge in [-0.05, 0) is 35.6 Å². The van der Waals surface area contributed by atoms with Crippen LogP contribution >= 0.6 is 0 Å². The Balaban J connectivity index is 1.74. The number of carbonyl (C=O) groups excluding carboxylic acids is 1. The van der Waals surface area contributed by atoms with E-state index in [0.717, 1.165) is 35.3 Å². The van der Waals surface area contributed by atoms with Crippen molar-refractivity contribution in [2.75, 3.05) is 10.6 Å². The van der Waals surface area contributed by atoms with Gasteiger partial charge in [-0.1, -0.05) is 62.4 Å². The largest absolute Gasteiger partial charge is 0.380 e. The number of para-hydroxylation sites is 1. The molecule has 3 rings (SSSR count). The highest BCUT2D eigenvalue weighted by Gasteiger charge is 2.12. The summed E-state index contributed by atoms with van der Waals surface area (Å²) in [6.45, 7) is 4.88. The van der Waals surface area contributed by atoms with E-state index in [1.165, 1.54) is 5.56 Å². The molecule has 4 heteroatoms. The molecular formula is C23H25N3O. The summed E-state index contributed by atoms with van der Waals surface area (Å²) in [6, 6.07) is 18.1. The van der Waals surface area contributed by atoms with E-state index in [9.17, 15) is 4.79 Å². The van der Waals surface area contributed by atoms with Gasteiger partial charge in [-0.15, -0.1) is 0 Å². The van der Waals surface area contributed by atoms with Gasteiger partial charge in [0.25, 0.3) is 5.91 Å². The van der Waals surface area contributed by atoms with Gasteiger partial charge >= 0.3 is 0 Å². The quantitative estimate of drug-likeness (QED) is 0.619. The molecule has 1 aromatic heterocycles. The van der Waals surface area contributed by atoms with Crippen LogP contribution < -0.4 is 10.6 Å². The summed E-state index contributed by atoms with van der Waals surface area (Å²) in [7, 11) is 0. The number of rotatable bonds is 7. The molecule has 0 aliphatic carbocycles. The highest BCUT2D eigenvalue weighted by molar-refractivity contribution is 6.05. The molecule has 1 heterocycles. The SMILES string of the molecule is CCc1cccc(CC)c1NC(=O)c1cncc(NCc2ccccc2)c1. The molecule has 0 fully saturated rings. The lowest BCUT2D eigenvalue weighted by molar-refractivity contribution is 0.102. The van der Waals surface area contributed by atoms with E-state index < -0.39 is 0 Å². The Morgan fingerprint density at radius 1 is 0.926 bits per heavy atom. The smallest absolute Gasteiger partial charge is 0.257 e. The van der Waals surface area contributed by atoms with E-state index >= 15 is 0 Å². The van der Waals surface area contributed by atoms with Crippen LogP contribution in [-0.4, -0.2) is 10.9 Å². The maximum Gasteiger partial charge on any atom is 0.257 e. The molecule has 0 spiro atoms. The van der Waals surface area contributed by atoms with Crippen molar-refractivity contribution >= 4 is 17.3 Å². The predicted molar refractivity (Wildman–Crippen MR) is 111 cm³/mol. The average Bonchev–Trinajstić information content (AvgIpc) is 2.73. The molecule has 1 amide bonds. The molecule has 27 heavy (non-hydrogen) atoms. The second kappa shape index (κ2) is 8.99. The van der Waals surface area contributed by atoms with Gasteiger partial charge < -0.3 is 10.6 Å². The van der Waals surface area contributed by atoms with Crippen LogP contribution in [0.1, 0.15) is 40.9 Å². The first kappa shape index (κ1) is 18.6. The van der Waals surface area contributed by atoms with Gasteiger partial charge in [-0.25, -0.2) is 0 Å². The number of carbonyl (C=O) groups is 1. The summed E-state index contributed by atoms with van der Waals surface area (Å²) in [5, 5.41) is 6.41. The molecule has 0 saturated heterocycles. The number of nitrogens with zero attached hydrogens (tertiary/aromatic N) is 1. The number of anilines is 2. The number of aromatic nitrogens is 1. The molecule has 3 aromatic rings. The zero-order chi connectivity index (χ0) is 19.1.